The zero-order valence-electron chi connectivity index (χ0n) is 16.8. The van der Waals surface area contributed by atoms with E-state index in [0.717, 1.165) is 56.1 Å². The summed E-state index contributed by atoms with van der Waals surface area (Å²) >= 11 is 0. The summed E-state index contributed by atoms with van der Waals surface area (Å²) in [6.07, 6.45) is 4.94. The average molecular weight is 389 g/mol. The van der Waals surface area contributed by atoms with E-state index in [1.165, 1.54) is 5.56 Å². The van der Waals surface area contributed by atoms with Gasteiger partial charge in [0.2, 0.25) is 0 Å². The van der Waals surface area contributed by atoms with Gasteiger partial charge in [-0.2, -0.15) is 0 Å². The molecular weight excluding hydrogens is 362 g/mol. The molecule has 1 aliphatic rings. The molecule has 5 nitrogen and oxygen atoms in total. The molecule has 5 heteroatoms. The van der Waals surface area contributed by atoms with Crippen molar-refractivity contribution in [3.63, 3.8) is 0 Å². The summed E-state index contributed by atoms with van der Waals surface area (Å²) < 4.78 is 7.47. The number of methoxy groups -OCH3 is 1. The quantitative estimate of drug-likeness (QED) is 0.648. The van der Waals surface area contributed by atoms with Gasteiger partial charge in [0.1, 0.15) is 5.75 Å². The van der Waals surface area contributed by atoms with Crippen molar-refractivity contribution in [2.24, 2.45) is 0 Å². The smallest absolute Gasteiger partial charge is 0.254 e. The number of nitrogens with zero attached hydrogens (tertiary/aromatic N) is 3. The Morgan fingerprint density at radius 3 is 2.45 bits per heavy atom. The number of benzene rings is 2. The molecule has 0 radical (unpaired) electrons. The molecule has 0 aliphatic carbocycles. The lowest BCUT2D eigenvalue weighted by Crippen LogP contribution is -2.49. The number of aromatic nitrogens is 1. The maximum atomic E-state index is 13.0. The first-order valence-electron chi connectivity index (χ1n) is 10.1. The fourth-order valence-corrected chi connectivity index (χ4v) is 3.85. The van der Waals surface area contributed by atoms with Crippen LogP contribution in [0.3, 0.4) is 0 Å². The maximum Gasteiger partial charge on any atom is 0.254 e. The molecule has 0 atom stereocenters. The Morgan fingerprint density at radius 1 is 0.931 bits per heavy atom. The normalized spacial score (nSPS) is 14.7. The van der Waals surface area contributed by atoms with E-state index < -0.39 is 0 Å². The molecule has 0 N–H and O–H groups in total. The van der Waals surface area contributed by atoms with Gasteiger partial charge >= 0.3 is 0 Å². The van der Waals surface area contributed by atoms with Crippen LogP contribution in [0.15, 0.2) is 73.1 Å². The highest BCUT2D eigenvalue weighted by atomic mass is 16.5. The van der Waals surface area contributed by atoms with Crippen molar-refractivity contribution in [1.82, 2.24) is 14.4 Å². The Morgan fingerprint density at radius 2 is 1.69 bits per heavy atom. The zero-order chi connectivity index (χ0) is 20.1. The molecule has 1 amide bonds. The molecule has 3 aromatic rings. The molecule has 1 aromatic heterocycles. The van der Waals surface area contributed by atoms with Crippen molar-refractivity contribution in [3.8, 4) is 11.4 Å². The number of piperazine rings is 1. The Hall–Kier alpha value is -3.05. The molecule has 150 valence electrons. The van der Waals surface area contributed by atoms with Crippen LogP contribution in [0.4, 0.5) is 0 Å². The second-order valence-electron chi connectivity index (χ2n) is 7.34. The number of amides is 1. The van der Waals surface area contributed by atoms with Gasteiger partial charge in [-0.15, -0.1) is 0 Å². The van der Waals surface area contributed by atoms with Crippen LogP contribution in [-0.4, -0.2) is 60.1 Å². The van der Waals surface area contributed by atoms with E-state index >= 15 is 0 Å². The van der Waals surface area contributed by atoms with Crippen LogP contribution in [-0.2, 0) is 6.42 Å². The Kier molecular flexibility index (Phi) is 5.96. The van der Waals surface area contributed by atoms with Crippen molar-refractivity contribution >= 4 is 5.91 Å². The minimum atomic E-state index is 0.114. The summed E-state index contributed by atoms with van der Waals surface area (Å²) in [4.78, 5) is 17.4. The minimum absolute atomic E-state index is 0.114. The van der Waals surface area contributed by atoms with Gasteiger partial charge in [-0.3, -0.25) is 9.69 Å². The van der Waals surface area contributed by atoms with Gasteiger partial charge in [-0.25, -0.2) is 0 Å². The summed E-state index contributed by atoms with van der Waals surface area (Å²) in [5.74, 6) is 1.06. The second kappa shape index (κ2) is 8.97. The van der Waals surface area contributed by atoms with Crippen molar-refractivity contribution in [2.45, 2.75) is 6.42 Å². The molecule has 0 unspecified atom stereocenters. The number of carbonyl (C=O) groups excluding carboxylic acids is 1. The molecule has 0 saturated carbocycles. The van der Waals surface area contributed by atoms with E-state index in [4.69, 9.17) is 4.74 Å². The van der Waals surface area contributed by atoms with Crippen molar-refractivity contribution < 1.29 is 9.53 Å². The SMILES string of the molecule is COc1ccccc1CCN1CCN(C(=O)c2cccc(-n3cccc3)c2)CC1. The summed E-state index contributed by atoms with van der Waals surface area (Å²) in [5.41, 5.74) is 2.99. The van der Waals surface area contributed by atoms with Crippen LogP contribution in [0.25, 0.3) is 5.69 Å². The summed E-state index contributed by atoms with van der Waals surface area (Å²) in [6.45, 7) is 4.30. The lowest BCUT2D eigenvalue weighted by Gasteiger charge is -2.35. The van der Waals surface area contributed by atoms with E-state index in [2.05, 4.69) is 17.0 Å². The van der Waals surface area contributed by atoms with E-state index in [9.17, 15) is 4.79 Å². The fraction of sp³-hybridized carbons (Fsp3) is 0.292. The van der Waals surface area contributed by atoms with Gasteiger partial charge < -0.3 is 14.2 Å². The highest BCUT2D eigenvalue weighted by Gasteiger charge is 2.22. The standard InChI is InChI=1S/C24H27N3O2/c1-29-23-10-3-2-7-20(23)11-14-25-15-17-27(18-16-25)24(28)21-8-6-9-22(19-21)26-12-4-5-13-26/h2-10,12-13,19H,11,14-18H2,1H3. The molecular formula is C24H27N3O2. The first-order valence-corrected chi connectivity index (χ1v) is 10.1. The van der Waals surface area contributed by atoms with Gasteiger partial charge in [-0.05, 0) is 48.4 Å². The second-order valence-corrected chi connectivity index (χ2v) is 7.34. The molecule has 2 heterocycles. The van der Waals surface area contributed by atoms with Crippen LogP contribution in [0.5, 0.6) is 5.75 Å². The van der Waals surface area contributed by atoms with Gasteiger partial charge in [0.05, 0.1) is 7.11 Å². The van der Waals surface area contributed by atoms with Crippen LogP contribution in [0.1, 0.15) is 15.9 Å². The summed E-state index contributed by atoms with van der Waals surface area (Å²) in [6, 6.07) is 20.0. The Balaban J connectivity index is 1.32. The first-order chi connectivity index (χ1) is 14.2. The Labute approximate surface area is 172 Å². The third kappa shape index (κ3) is 4.51. The molecule has 1 fully saturated rings. The third-order valence-corrected chi connectivity index (χ3v) is 5.55. The summed E-state index contributed by atoms with van der Waals surface area (Å²) in [7, 11) is 1.72. The van der Waals surface area contributed by atoms with Gasteiger partial charge in [-0.1, -0.05) is 24.3 Å². The topological polar surface area (TPSA) is 37.7 Å². The monoisotopic (exact) mass is 389 g/mol. The van der Waals surface area contributed by atoms with Crippen molar-refractivity contribution in [2.75, 3.05) is 39.8 Å². The van der Waals surface area contributed by atoms with Crippen LogP contribution in [0, 0.1) is 0 Å². The van der Waals surface area contributed by atoms with E-state index in [1.54, 1.807) is 7.11 Å². The first kappa shape index (κ1) is 19.3. The fourth-order valence-electron chi connectivity index (χ4n) is 3.85. The highest BCUT2D eigenvalue weighted by molar-refractivity contribution is 5.94. The predicted octanol–water partition coefficient (Wildman–Crippen LogP) is 3.49. The minimum Gasteiger partial charge on any atom is -0.496 e. The van der Waals surface area contributed by atoms with E-state index in [-0.39, 0.29) is 5.91 Å². The number of ether oxygens (including phenoxy) is 1. The lowest BCUT2D eigenvalue weighted by atomic mass is 10.1. The predicted molar refractivity (Wildman–Crippen MR) is 115 cm³/mol. The lowest BCUT2D eigenvalue weighted by molar-refractivity contribution is 0.0638. The summed E-state index contributed by atoms with van der Waals surface area (Å²) in [5, 5.41) is 0. The molecule has 0 bridgehead atoms. The molecule has 2 aromatic carbocycles. The maximum absolute atomic E-state index is 13.0. The van der Waals surface area contributed by atoms with E-state index in [0.29, 0.717) is 0 Å². The van der Waals surface area contributed by atoms with E-state index in [1.807, 2.05) is 70.4 Å². The van der Waals surface area contributed by atoms with Crippen molar-refractivity contribution in [3.05, 3.63) is 84.2 Å². The number of para-hydroxylation sites is 1. The molecule has 0 spiro atoms. The number of rotatable bonds is 6. The van der Waals surface area contributed by atoms with Crippen LogP contribution >= 0.6 is 0 Å². The number of carbonyl (C=O) groups is 1. The molecule has 1 aliphatic heterocycles. The Bertz CT molecular complexity index is 944. The molecule has 1 saturated heterocycles. The number of hydrogen-bond acceptors (Lipinski definition) is 3. The number of hydrogen-bond donors (Lipinski definition) is 0. The largest absolute Gasteiger partial charge is 0.496 e. The zero-order valence-corrected chi connectivity index (χ0v) is 16.8. The highest BCUT2D eigenvalue weighted by Crippen LogP contribution is 2.19. The third-order valence-electron chi connectivity index (χ3n) is 5.55. The van der Waals surface area contributed by atoms with Gasteiger partial charge in [0, 0.05) is 56.4 Å². The van der Waals surface area contributed by atoms with Crippen molar-refractivity contribution in [1.29, 1.82) is 0 Å². The van der Waals surface area contributed by atoms with Gasteiger partial charge in [0.25, 0.3) is 5.91 Å². The average Bonchev–Trinajstić information content (AvgIpc) is 3.33. The van der Waals surface area contributed by atoms with Crippen LogP contribution < -0.4 is 4.74 Å². The molecule has 29 heavy (non-hydrogen) atoms. The van der Waals surface area contributed by atoms with Crippen LogP contribution in [0.2, 0.25) is 0 Å². The van der Waals surface area contributed by atoms with Gasteiger partial charge in [0.15, 0.2) is 0 Å². The molecule has 4 rings (SSSR count).